The molecular formula is C11H20N4. The van der Waals surface area contributed by atoms with E-state index in [9.17, 15) is 0 Å². The van der Waals surface area contributed by atoms with E-state index in [-0.39, 0.29) is 5.41 Å². The van der Waals surface area contributed by atoms with E-state index in [0.717, 1.165) is 24.3 Å². The molecule has 0 aliphatic rings. The monoisotopic (exact) mass is 208 g/mol. The van der Waals surface area contributed by atoms with Crippen LogP contribution in [0.2, 0.25) is 0 Å². The molecule has 0 radical (unpaired) electrons. The molecule has 0 aromatic carbocycles. The van der Waals surface area contributed by atoms with Crippen molar-refractivity contribution >= 4 is 11.6 Å². The second-order valence-corrected chi connectivity index (χ2v) is 4.85. The quantitative estimate of drug-likeness (QED) is 0.798. The molecule has 1 rings (SSSR count). The lowest BCUT2D eigenvalue weighted by molar-refractivity contribution is 0.442. The van der Waals surface area contributed by atoms with Gasteiger partial charge in [0.05, 0.1) is 0 Å². The molecule has 4 nitrogen and oxygen atoms in total. The van der Waals surface area contributed by atoms with Gasteiger partial charge in [0.15, 0.2) is 0 Å². The number of aromatic nitrogens is 2. The summed E-state index contributed by atoms with van der Waals surface area (Å²) in [5.74, 6) is 1.43. The zero-order chi connectivity index (χ0) is 11.5. The highest BCUT2D eigenvalue weighted by Crippen LogP contribution is 2.20. The van der Waals surface area contributed by atoms with Crippen LogP contribution >= 0.6 is 0 Å². The lowest BCUT2D eigenvalue weighted by Crippen LogP contribution is -2.20. The van der Waals surface area contributed by atoms with Crippen molar-refractivity contribution < 1.29 is 0 Å². The summed E-state index contributed by atoms with van der Waals surface area (Å²) in [6.07, 6.45) is 2.35. The average molecular weight is 208 g/mol. The molecule has 1 heterocycles. The molecule has 0 fully saturated rings. The van der Waals surface area contributed by atoms with Crippen molar-refractivity contribution in [3.05, 3.63) is 11.9 Å². The van der Waals surface area contributed by atoms with Gasteiger partial charge in [-0.05, 0) is 11.8 Å². The highest BCUT2D eigenvalue weighted by Gasteiger charge is 2.12. The molecule has 0 unspecified atom stereocenters. The van der Waals surface area contributed by atoms with Gasteiger partial charge in [0, 0.05) is 12.1 Å². The Balaban J connectivity index is 2.81. The Morgan fingerprint density at radius 1 is 1.33 bits per heavy atom. The lowest BCUT2D eigenvalue weighted by Gasteiger charge is -2.20. The van der Waals surface area contributed by atoms with Crippen LogP contribution in [0.25, 0.3) is 0 Å². The Morgan fingerprint density at radius 2 is 2.00 bits per heavy atom. The van der Waals surface area contributed by atoms with Gasteiger partial charge < -0.3 is 11.1 Å². The third-order valence-corrected chi connectivity index (χ3v) is 2.12. The molecule has 4 heteroatoms. The van der Waals surface area contributed by atoms with Crippen LogP contribution in [0.3, 0.4) is 0 Å². The second-order valence-electron chi connectivity index (χ2n) is 4.85. The molecule has 0 saturated heterocycles. The summed E-state index contributed by atoms with van der Waals surface area (Å²) in [5, 5.41) is 3.31. The molecule has 0 amide bonds. The molecule has 1 aromatic heterocycles. The normalized spacial score (nSPS) is 11.5. The molecule has 84 valence electrons. The van der Waals surface area contributed by atoms with Crippen LogP contribution in [0, 0.1) is 5.41 Å². The smallest absolute Gasteiger partial charge is 0.134 e. The van der Waals surface area contributed by atoms with Gasteiger partial charge in [0.1, 0.15) is 18.0 Å². The van der Waals surface area contributed by atoms with Crippen LogP contribution in [-0.2, 0) is 6.42 Å². The van der Waals surface area contributed by atoms with Crippen molar-refractivity contribution in [2.45, 2.75) is 34.1 Å². The van der Waals surface area contributed by atoms with E-state index in [2.05, 4.69) is 43.0 Å². The molecule has 0 aliphatic heterocycles. The minimum absolute atomic E-state index is 0.227. The van der Waals surface area contributed by atoms with Crippen LogP contribution in [-0.4, -0.2) is 16.5 Å². The first-order chi connectivity index (χ1) is 6.94. The lowest BCUT2D eigenvalue weighted by atomic mass is 9.97. The minimum Gasteiger partial charge on any atom is -0.383 e. The maximum absolute atomic E-state index is 5.78. The average Bonchev–Trinajstić information content (AvgIpc) is 2.13. The zero-order valence-corrected chi connectivity index (χ0v) is 9.96. The van der Waals surface area contributed by atoms with Gasteiger partial charge in [-0.1, -0.05) is 27.7 Å². The van der Waals surface area contributed by atoms with Crippen molar-refractivity contribution in [3.63, 3.8) is 0 Å². The SMILES string of the molecule is CCc1c(N)ncnc1NCC(C)(C)C. The van der Waals surface area contributed by atoms with E-state index in [4.69, 9.17) is 5.73 Å². The number of rotatable bonds is 3. The Hall–Kier alpha value is -1.32. The predicted octanol–water partition coefficient (Wildman–Crippen LogP) is 2.08. The number of hydrogen-bond acceptors (Lipinski definition) is 4. The standard InChI is InChI=1S/C11H20N4/c1-5-8-9(12)14-7-15-10(8)13-6-11(2,3)4/h7H,5-6H2,1-4H3,(H3,12,13,14,15). The van der Waals surface area contributed by atoms with E-state index in [0.29, 0.717) is 5.82 Å². The molecule has 0 saturated carbocycles. The first-order valence-corrected chi connectivity index (χ1v) is 5.27. The molecule has 0 bridgehead atoms. The number of nitrogens with one attached hydrogen (secondary N) is 1. The number of nitrogens with two attached hydrogens (primary N) is 1. The minimum atomic E-state index is 0.227. The molecule has 1 aromatic rings. The summed E-state index contributed by atoms with van der Waals surface area (Å²) in [6.45, 7) is 9.45. The fourth-order valence-corrected chi connectivity index (χ4v) is 1.28. The fraction of sp³-hybridized carbons (Fsp3) is 0.636. The van der Waals surface area contributed by atoms with Crippen molar-refractivity contribution in [2.24, 2.45) is 5.41 Å². The Labute approximate surface area is 91.3 Å². The van der Waals surface area contributed by atoms with Gasteiger partial charge in [0.2, 0.25) is 0 Å². The van der Waals surface area contributed by atoms with Crippen molar-refractivity contribution in [1.82, 2.24) is 9.97 Å². The molecule has 0 aliphatic carbocycles. The van der Waals surface area contributed by atoms with Crippen LogP contribution in [0.5, 0.6) is 0 Å². The van der Waals surface area contributed by atoms with E-state index >= 15 is 0 Å². The van der Waals surface area contributed by atoms with E-state index in [1.54, 1.807) is 0 Å². The van der Waals surface area contributed by atoms with Gasteiger partial charge in [-0.2, -0.15) is 0 Å². The third-order valence-electron chi connectivity index (χ3n) is 2.12. The Morgan fingerprint density at radius 3 is 2.53 bits per heavy atom. The predicted molar refractivity (Wildman–Crippen MR) is 63.8 cm³/mol. The van der Waals surface area contributed by atoms with Gasteiger partial charge in [0.25, 0.3) is 0 Å². The summed E-state index contributed by atoms with van der Waals surface area (Å²) in [7, 11) is 0. The van der Waals surface area contributed by atoms with Crippen LogP contribution < -0.4 is 11.1 Å². The van der Waals surface area contributed by atoms with Crippen molar-refractivity contribution in [3.8, 4) is 0 Å². The van der Waals surface area contributed by atoms with E-state index < -0.39 is 0 Å². The highest BCUT2D eigenvalue weighted by molar-refractivity contribution is 5.54. The summed E-state index contributed by atoms with van der Waals surface area (Å²) < 4.78 is 0. The van der Waals surface area contributed by atoms with E-state index in [1.807, 2.05) is 0 Å². The summed E-state index contributed by atoms with van der Waals surface area (Å²) in [5.41, 5.74) is 7.01. The van der Waals surface area contributed by atoms with Crippen LogP contribution in [0.1, 0.15) is 33.3 Å². The highest BCUT2D eigenvalue weighted by atomic mass is 15.0. The van der Waals surface area contributed by atoms with Gasteiger partial charge in [-0.25, -0.2) is 9.97 Å². The molecule has 0 atom stereocenters. The molecule has 3 N–H and O–H groups in total. The maximum atomic E-state index is 5.78. The molecular weight excluding hydrogens is 188 g/mol. The number of nitrogens with zero attached hydrogens (tertiary/aromatic N) is 2. The number of anilines is 2. The third kappa shape index (κ3) is 3.38. The Bertz CT molecular complexity index is 328. The maximum Gasteiger partial charge on any atom is 0.134 e. The van der Waals surface area contributed by atoms with Crippen molar-refractivity contribution in [2.75, 3.05) is 17.6 Å². The molecule has 15 heavy (non-hydrogen) atoms. The molecule has 0 spiro atoms. The first-order valence-electron chi connectivity index (χ1n) is 5.27. The number of hydrogen-bond donors (Lipinski definition) is 2. The number of nitrogen functional groups attached to an aromatic ring is 1. The zero-order valence-electron chi connectivity index (χ0n) is 9.96. The summed E-state index contributed by atoms with van der Waals surface area (Å²) in [6, 6.07) is 0. The van der Waals surface area contributed by atoms with Gasteiger partial charge >= 0.3 is 0 Å². The van der Waals surface area contributed by atoms with E-state index in [1.165, 1.54) is 6.33 Å². The topological polar surface area (TPSA) is 63.8 Å². The summed E-state index contributed by atoms with van der Waals surface area (Å²) >= 11 is 0. The van der Waals surface area contributed by atoms with Crippen LogP contribution in [0.15, 0.2) is 6.33 Å². The second kappa shape index (κ2) is 4.47. The summed E-state index contributed by atoms with van der Waals surface area (Å²) in [4.78, 5) is 8.19. The van der Waals surface area contributed by atoms with Crippen molar-refractivity contribution in [1.29, 1.82) is 0 Å². The Kier molecular flexibility index (Phi) is 3.50. The fourth-order valence-electron chi connectivity index (χ4n) is 1.28. The van der Waals surface area contributed by atoms with Gasteiger partial charge in [-0.15, -0.1) is 0 Å². The first kappa shape index (κ1) is 11.8. The van der Waals surface area contributed by atoms with Gasteiger partial charge in [-0.3, -0.25) is 0 Å². The largest absolute Gasteiger partial charge is 0.383 e. The van der Waals surface area contributed by atoms with Crippen LogP contribution in [0.4, 0.5) is 11.6 Å².